The Hall–Kier alpha value is -3.10. The van der Waals surface area contributed by atoms with Crippen molar-refractivity contribution in [3.8, 4) is 0 Å². The van der Waals surface area contributed by atoms with Crippen molar-refractivity contribution in [1.82, 2.24) is 14.9 Å². The summed E-state index contributed by atoms with van der Waals surface area (Å²) in [5, 5.41) is 2.67. The summed E-state index contributed by atoms with van der Waals surface area (Å²) in [6.45, 7) is 6.51. The second-order valence-electron chi connectivity index (χ2n) is 7.64. The summed E-state index contributed by atoms with van der Waals surface area (Å²) in [7, 11) is 0. The summed E-state index contributed by atoms with van der Waals surface area (Å²) in [4.78, 5) is 41.1. The molecule has 2 rings (SSSR count). The van der Waals surface area contributed by atoms with Gasteiger partial charge in [0.25, 0.3) is 5.56 Å². The van der Waals surface area contributed by atoms with Gasteiger partial charge in [-0.05, 0) is 18.4 Å². The van der Waals surface area contributed by atoms with E-state index in [1.54, 1.807) is 23.1 Å². The van der Waals surface area contributed by atoms with Crippen LogP contribution in [0.1, 0.15) is 39.2 Å². The maximum atomic E-state index is 13.8. The van der Waals surface area contributed by atoms with Gasteiger partial charge in [0.15, 0.2) is 0 Å². The van der Waals surface area contributed by atoms with Gasteiger partial charge in [0.05, 0.1) is 6.54 Å². The van der Waals surface area contributed by atoms with Crippen LogP contribution >= 0.6 is 0 Å². The Bertz CT molecular complexity index is 983. The number of nitrogens with one attached hydrogen (secondary N) is 2. The second-order valence-corrected chi connectivity index (χ2v) is 7.64. The number of benzene rings is 1. The fourth-order valence-corrected chi connectivity index (χ4v) is 3.11. The molecule has 4 N–H and O–H groups in total. The molecule has 1 aromatic carbocycles. The molecule has 0 unspecified atom stereocenters. The van der Waals surface area contributed by atoms with Crippen molar-refractivity contribution in [2.75, 3.05) is 23.7 Å². The van der Waals surface area contributed by atoms with Crippen molar-refractivity contribution < 1.29 is 9.18 Å². The highest BCUT2D eigenvalue weighted by Crippen LogP contribution is 2.18. The van der Waals surface area contributed by atoms with Crippen molar-refractivity contribution in [2.24, 2.45) is 5.92 Å². The highest BCUT2D eigenvalue weighted by molar-refractivity contribution is 5.82. The monoisotopic (exact) mass is 419 g/mol. The van der Waals surface area contributed by atoms with Crippen molar-refractivity contribution >= 4 is 17.4 Å². The molecule has 164 valence electrons. The first kappa shape index (κ1) is 23.2. The van der Waals surface area contributed by atoms with Gasteiger partial charge in [-0.3, -0.25) is 19.1 Å². The number of H-pyrrole nitrogens is 1. The SMILES string of the molecule is CCCCN(CC(=O)NCc1ccccc1F)c1c(N)n(CC(C)C)c(=O)[nH]c1=O. The average molecular weight is 420 g/mol. The van der Waals surface area contributed by atoms with Crippen molar-refractivity contribution in [2.45, 2.75) is 46.7 Å². The molecule has 0 fully saturated rings. The van der Waals surface area contributed by atoms with Gasteiger partial charge in [-0.15, -0.1) is 0 Å². The van der Waals surface area contributed by atoms with E-state index in [4.69, 9.17) is 5.73 Å². The van der Waals surface area contributed by atoms with Crippen molar-refractivity contribution in [3.63, 3.8) is 0 Å². The van der Waals surface area contributed by atoms with E-state index in [-0.39, 0.29) is 36.4 Å². The first-order valence-corrected chi connectivity index (χ1v) is 10.1. The maximum Gasteiger partial charge on any atom is 0.330 e. The minimum Gasteiger partial charge on any atom is -0.383 e. The van der Waals surface area contributed by atoms with Gasteiger partial charge in [0, 0.05) is 25.2 Å². The lowest BCUT2D eigenvalue weighted by molar-refractivity contribution is -0.119. The highest BCUT2D eigenvalue weighted by Gasteiger charge is 2.21. The van der Waals surface area contributed by atoms with Crippen LogP contribution in [0.2, 0.25) is 0 Å². The molecule has 0 spiro atoms. The van der Waals surface area contributed by atoms with Gasteiger partial charge in [0.2, 0.25) is 5.91 Å². The van der Waals surface area contributed by atoms with E-state index in [1.807, 2.05) is 20.8 Å². The normalized spacial score (nSPS) is 11.0. The molecule has 1 heterocycles. The summed E-state index contributed by atoms with van der Waals surface area (Å²) in [6, 6.07) is 6.19. The quantitative estimate of drug-likeness (QED) is 0.544. The van der Waals surface area contributed by atoms with E-state index in [2.05, 4.69) is 10.3 Å². The number of hydrogen-bond donors (Lipinski definition) is 3. The fourth-order valence-electron chi connectivity index (χ4n) is 3.11. The fraction of sp³-hybridized carbons (Fsp3) is 0.476. The number of rotatable bonds is 10. The molecule has 9 heteroatoms. The molecule has 0 aliphatic carbocycles. The molecule has 30 heavy (non-hydrogen) atoms. The predicted octanol–water partition coefficient (Wildman–Crippen LogP) is 1.84. The molecule has 0 saturated carbocycles. The Labute approximate surface area is 174 Å². The topological polar surface area (TPSA) is 113 Å². The molecule has 2 aromatic rings. The van der Waals surface area contributed by atoms with Gasteiger partial charge >= 0.3 is 5.69 Å². The molecule has 1 aromatic heterocycles. The lowest BCUT2D eigenvalue weighted by Crippen LogP contribution is -2.43. The zero-order valence-corrected chi connectivity index (χ0v) is 17.7. The van der Waals surface area contributed by atoms with E-state index in [9.17, 15) is 18.8 Å². The van der Waals surface area contributed by atoms with Crippen LogP contribution in [0.4, 0.5) is 15.9 Å². The van der Waals surface area contributed by atoms with E-state index >= 15 is 0 Å². The number of nitrogens with two attached hydrogens (primary N) is 1. The standard InChI is InChI=1S/C21H30FN5O3/c1-4-5-10-26(13-17(28)24-11-15-8-6-7-9-16(15)22)18-19(23)27(12-14(2)3)21(30)25-20(18)29/h6-9,14H,4-5,10-13,23H2,1-3H3,(H,24,28)(H,25,29,30). The molecular weight excluding hydrogens is 389 g/mol. The van der Waals surface area contributed by atoms with E-state index in [0.29, 0.717) is 18.7 Å². The number of hydrogen-bond acceptors (Lipinski definition) is 5. The zero-order chi connectivity index (χ0) is 22.3. The second kappa shape index (κ2) is 10.6. The number of aromatic amines is 1. The first-order chi connectivity index (χ1) is 14.2. The summed E-state index contributed by atoms with van der Waals surface area (Å²) >= 11 is 0. The number of aromatic nitrogens is 2. The van der Waals surface area contributed by atoms with Gasteiger partial charge in [0.1, 0.15) is 17.3 Å². The van der Waals surface area contributed by atoms with E-state index < -0.39 is 17.1 Å². The van der Waals surface area contributed by atoms with Crippen LogP contribution in [0.5, 0.6) is 0 Å². The molecular formula is C21H30FN5O3. The Morgan fingerprint density at radius 1 is 1.30 bits per heavy atom. The predicted molar refractivity (Wildman–Crippen MR) is 116 cm³/mol. The Morgan fingerprint density at radius 2 is 2.00 bits per heavy atom. The van der Waals surface area contributed by atoms with Crippen molar-refractivity contribution in [3.05, 3.63) is 56.5 Å². The Balaban J connectivity index is 2.27. The van der Waals surface area contributed by atoms with Gasteiger partial charge < -0.3 is 16.0 Å². The molecule has 0 aliphatic rings. The third kappa shape index (κ3) is 5.95. The summed E-state index contributed by atoms with van der Waals surface area (Å²) in [6.07, 6.45) is 1.57. The number of nitrogens with zero attached hydrogens (tertiary/aromatic N) is 2. The summed E-state index contributed by atoms with van der Waals surface area (Å²) in [5.41, 5.74) is 5.45. The number of halogens is 1. The third-order valence-corrected chi connectivity index (χ3v) is 4.63. The number of amides is 1. The molecule has 8 nitrogen and oxygen atoms in total. The number of unbranched alkanes of at least 4 members (excludes halogenated alkanes) is 1. The number of anilines is 2. The maximum absolute atomic E-state index is 13.8. The van der Waals surface area contributed by atoms with Crippen LogP contribution in [0.25, 0.3) is 0 Å². The van der Waals surface area contributed by atoms with Gasteiger partial charge in [-0.25, -0.2) is 9.18 Å². The van der Waals surface area contributed by atoms with E-state index in [0.717, 1.165) is 12.8 Å². The third-order valence-electron chi connectivity index (χ3n) is 4.63. The average Bonchev–Trinajstić information content (AvgIpc) is 2.68. The minimum absolute atomic E-state index is 0.0335. The molecule has 0 atom stereocenters. The van der Waals surface area contributed by atoms with Crippen LogP contribution in [-0.2, 0) is 17.9 Å². The van der Waals surface area contributed by atoms with Crippen LogP contribution < -0.4 is 27.2 Å². The number of carbonyl (C=O) groups excluding carboxylic acids is 1. The largest absolute Gasteiger partial charge is 0.383 e. The smallest absolute Gasteiger partial charge is 0.330 e. The molecule has 0 saturated heterocycles. The highest BCUT2D eigenvalue weighted by atomic mass is 19.1. The van der Waals surface area contributed by atoms with Gasteiger partial charge in [-0.2, -0.15) is 0 Å². The molecule has 1 amide bonds. The number of carbonyl (C=O) groups is 1. The van der Waals surface area contributed by atoms with Gasteiger partial charge in [-0.1, -0.05) is 45.4 Å². The Kier molecular flexibility index (Phi) is 8.20. The summed E-state index contributed by atoms with van der Waals surface area (Å²) < 4.78 is 15.1. The zero-order valence-electron chi connectivity index (χ0n) is 17.7. The van der Waals surface area contributed by atoms with Crippen LogP contribution in [-0.4, -0.2) is 28.5 Å². The van der Waals surface area contributed by atoms with Crippen LogP contribution in [0, 0.1) is 11.7 Å². The first-order valence-electron chi connectivity index (χ1n) is 10.1. The molecule has 0 bridgehead atoms. The van der Waals surface area contributed by atoms with Crippen LogP contribution in [0.15, 0.2) is 33.9 Å². The summed E-state index contributed by atoms with van der Waals surface area (Å²) in [5.74, 6) is -0.607. The molecule has 0 radical (unpaired) electrons. The van der Waals surface area contributed by atoms with Crippen LogP contribution in [0.3, 0.4) is 0 Å². The lowest BCUT2D eigenvalue weighted by atomic mass is 10.2. The van der Waals surface area contributed by atoms with E-state index in [1.165, 1.54) is 10.6 Å². The van der Waals surface area contributed by atoms with Crippen molar-refractivity contribution in [1.29, 1.82) is 0 Å². The lowest BCUT2D eigenvalue weighted by Gasteiger charge is -2.26. The minimum atomic E-state index is -0.629. The number of nitrogen functional groups attached to an aromatic ring is 1. The Morgan fingerprint density at radius 3 is 2.63 bits per heavy atom. The molecule has 0 aliphatic heterocycles.